The Morgan fingerprint density at radius 1 is 0.964 bits per heavy atom. The minimum absolute atomic E-state index is 0.0220. The van der Waals surface area contributed by atoms with Gasteiger partial charge in [0.25, 0.3) is 5.91 Å². The third kappa shape index (κ3) is 4.36. The summed E-state index contributed by atoms with van der Waals surface area (Å²) >= 11 is 0. The van der Waals surface area contributed by atoms with Crippen molar-refractivity contribution >= 4 is 17.5 Å². The quantitative estimate of drug-likeness (QED) is 0.671. The number of nitrogens with zero attached hydrogens (tertiary/aromatic N) is 2. The van der Waals surface area contributed by atoms with Crippen molar-refractivity contribution < 1.29 is 4.79 Å². The molecule has 1 amide bonds. The SMILES string of the molecule is Cc1cccc(-c2cnc(Nc3cccc(C(=O)NC4CCCC4)c3)nc2)c1. The van der Waals surface area contributed by atoms with Gasteiger partial charge in [0.2, 0.25) is 5.95 Å². The molecule has 0 spiro atoms. The van der Waals surface area contributed by atoms with Gasteiger partial charge in [0, 0.05) is 35.2 Å². The van der Waals surface area contributed by atoms with Crippen molar-refractivity contribution in [3.8, 4) is 11.1 Å². The van der Waals surface area contributed by atoms with Crippen LogP contribution in [0.25, 0.3) is 11.1 Å². The molecule has 0 aliphatic heterocycles. The smallest absolute Gasteiger partial charge is 0.251 e. The van der Waals surface area contributed by atoms with Crippen molar-refractivity contribution in [1.29, 1.82) is 0 Å². The highest BCUT2D eigenvalue weighted by atomic mass is 16.1. The van der Waals surface area contributed by atoms with Gasteiger partial charge in [0.15, 0.2) is 0 Å². The molecule has 2 aromatic carbocycles. The van der Waals surface area contributed by atoms with Crippen LogP contribution in [-0.2, 0) is 0 Å². The van der Waals surface area contributed by atoms with Gasteiger partial charge in [-0.3, -0.25) is 4.79 Å². The normalized spacial score (nSPS) is 14.0. The average Bonchev–Trinajstić information content (AvgIpc) is 3.22. The highest BCUT2D eigenvalue weighted by molar-refractivity contribution is 5.95. The third-order valence-corrected chi connectivity index (χ3v) is 5.07. The highest BCUT2D eigenvalue weighted by Gasteiger charge is 2.18. The minimum Gasteiger partial charge on any atom is -0.349 e. The fourth-order valence-electron chi connectivity index (χ4n) is 3.57. The van der Waals surface area contributed by atoms with Crippen molar-refractivity contribution in [2.75, 3.05) is 5.32 Å². The number of carbonyl (C=O) groups is 1. The van der Waals surface area contributed by atoms with E-state index < -0.39 is 0 Å². The van der Waals surface area contributed by atoms with Crippen LogP contribution >= 0.6 is 0 Å². The van der Waals surface area contributed by atoms with Crippen LogP contribution in [0.15, 0.2) is 60.9 Å². The summed E-state index contributed by atoms with van der Waals surface area (Å²) in [6.07, 6.45) is 8.15. The number of anilines is 2. The molecule has 0 radical (unpaired) electrons. The van der Waals surface area contributed by atoms with Gasteiger partial charge < -0.3 is 10.6 Å². The number of rotatable bonds is 5. The zero-order chi connectivity index (χ0) is 19.3. The fourth-order valence-corrected chi connectivity index (χ4v) is 3.57. The molecule has 5 heteroatoms. The zero-order valence-corrected chi connectivity index (χ0v) is 16.0. The molecule has 1 aliphatic rings. The number of hydrogen-bond donors (Lipinski definition) is 2. The van der Waals surface area contributed by atoms with Gasteiger partial charge in [-0.05, 0) is 43.5 Å². The third-order valence-electron chi connectivity index (χ3n) is 5.07. The summed E-state index contributed by atoms with van der Waals surface area (Å²) in [5.41, 5.74) is 4.71. The van der Waals surface area contributed by atoms with Gasteiger partial charge in [0.1, 0.15) is 0 Å². The molecule has 28 heavy (non-hydrogen) atoms. The van der Waals surface area contributed by atoms with E-state index in [1.54, 1.807) is 12.4 Å². The lowest BCUT2D eigenvalue weighted by Crippen LogP contribution is -2.32. The molecule has 0 unspecified atom stereocenters. The Balaban J connectivity index is 1.44. The van der Waals surface area contributed by atoms with Gasteiger partial charge in [0.05, 0.1) is 0 Å². The molecule has 1 heterocycles. The number of aryl methyl sites for hydroxylation is 1. The molecule has 0 atom stereocenters. The van der Waals surface area contributed by atoms with Crippen molar-refractivity contribution in [3.05, 3.63) is 72.1 Å². The summed E-state index contributed by atoms with van der Waals surface area (Å²) in [4.78, 5) is 21.3. The molecule has 1 fully saturated rings. The lowest BCUT2D eigenvalue weighted by Gasteiger charge is -2.12. The first kappa shape index (κ1) is 18.2. The molecule has 4 rings (SSSR count). The van der Waals surface area contributed by atoms with Crippen LogP contribution in [0.5, 0.6) is 0 Å². The molecule has 1 aromatic heterocycles. The van der Waals surface area contributed by atoms with E-state index in [0.29, 0.717) is 17.6 Å². The Morgan fingerprint density at radius 3 is 2.46 bits per heavy atom. The minimum atomic E-state index is -0.0220. The largest absolute Gasteiger partial charge is 0.349 e. The molecule has 1 saturated carbocycles. The van der Waals surface area contributed by atoms with Crippen LogP contribution in [-0.4, -0.2) is 21.9 Å². The lowest BCUT2D eigenvalue weighted by atomic mass is 10.1. The van der Waals surface area contributed by atoms with E-state index in [-0.39, 0.29) is 5.91 Å². The Hall–Kier alpha value is -3.21. The Morgan fingerprint density at radius 2 is 1.71 bits per heavy atom. The highest BCUT2D eigenvalue weighted by Crippen LogP contribution is 2.21. The first-order valence-electron chi connectivity index (χ1n) is 9.74. The van der Waals surface area contributed by atoms with Crippen molar-refractivity contribution in [2.45, 2.75) is 38.6 Å². The summed E-state index contributed by atoms with van der Waals surface area (Å²) in [7, 11) is 0. The molecular formula is C23H24N4O. The number of nitrogens with one attached hydrogen (secondary N) is 2. The van der Waals surface area contributed by atoms with E-state index in [1.165, 1.54) is 18.4 Å². The lowest BCUT2D eigenvalue weighted by molar-refractivity contribution is 0.0938. The topological polar surface area (TPSA) is 66.9 Å². The second-order valence-electron chi connectivity index (χ2n) is 7.33. The monoisotopic (exact) mass is 372 g/mol. The molecule has 0 bridgehead atoms. The number of aromatic nitrogens is 2. The summed E-state index contributed by atoms with van der Waals surface area (Å²) in [6, 6.07) is 16.0. The van der Waals surface area contributed by atoms with Crippen LogP contribution in [0.2, 0.25) is 0 Å². The number of benzene rings is 2. The molecular weight excluding hydrogens is 348 g/mol. The van der Waals surface area contributed by atoms with E-state index in [2.05, 4.69) is 39.7 Å². The second kappa shape index (κ2) is 8.21. The van der Waals surface area contributed by atoms with Crippen molar-refractivity contribution in [1.82, 2.24) is 15.3 Å². The van der Waals surface area contributed by atoms with Gasteiger partial charge in [-0.1, -0.05) is 48.7 Å². The van der Waals surface area contributed by atoms with E-state index in [4.69, 9.17) is 0 Å². The van der Waals surface area contributed by atoms with Crippen LogP contribution in [0.3, 0.4) is 0 Å². The van der Waals surface area contributed by atoms with Crippen LogP contribution in [0, 0.1) is 6.92 Å². The average molecular weight is 372 g/mol. The van der Waals surface area contributed by atoms with Gasteiger partial charge in [-0.25, -0.2) is 9.97 Å². The maximum absolute atomic E-state index is 12.5. The van der Waals surface area contributed by atoms with Crippen molar-refractivity contribution in [2.24, 2.45) is 0 Å². The summed E-state index contributed by atoms with van der Waals surface area (Å²) in [5, 5.41) is 6.30. The van der Waals surface area contributed by atoms with Crippen LogP contribution in [0.4, 0.5) is 11.6 Å². The molecule has 142 valence electrons. The summed E-state index contributed by atoms with van der Waals surface area (Å²) in [5.74, 6) is 0.482. The molecule has 0 saturated heterocycles. The predicted molar refractivity (Wildman–Crippen MR) is 112 cm³/mol. The number of carbonyl (C=O) groups excluding carboxylic acids is 1. The van der Waals surface area contributed by atoms with E-state index in [1.807, 2.05) is 36.4 Å². The van der Waals surface area contributed by atoms with Crippen LogP contribution in [0.1, 0.15) is 41.6 Å². The standard InChI is InChI=1S/C23H24N4O/c1-16-6-4-7-17(12-16)19-14-24-23(25-15-19)27-21-11-5-8-18(13-21)22(28)26-20-9-2-3-10-20/h4-8,11-15,20H,2-3,9-10H2,1H3,(H,26,28)(H,24,25,27). The Bertz CT molecular complexity index is 962. The Kier molecular flexibility index (Phi) is 5.33. The number of amides is 1. The fraction of sp³-hybridized carbons (Fsp3) is 0.261. The zero-order valence-electron chi connectivity index (χ0n) is 16.0. The predicted octanol–water partition coefficient (Wildman–Crippen LogP) is 4.87. The van der Waals surface area contributed by atoms with E-state index >= 15 is 0 Å². The summed E-state index contributed by atoms with van der Waals surface area (Å²) < 4.78 is 0. The maximum Gasteiger partial charge on any atom is 0.251 e. The molecule has 3 aromatic rings. The van der Waals surface area contributed by atoms with Gasteiger partial charge >= 0.3 is 0 Å². The first-order valence-corrected chi connectivity index (χ1v) is 9.74. The molecule has 2 N–H and O–H groups in total. The first-order chi connectivity index (χ1) is 13.7. The molecule has 1 aliphatic carbocycles. The van der Waals surface area contributed by atoms with Gasteiger partial charge in [-0.2, -0.15) is 0 Å². The van der Waals surface area contributed by atoms with E-state index in [0.717, 1.165) is 29.7 Å². The summed E-state index contributed by atoms with van der Waals surface area (Å²) in [6.45, 7) is 2.07. The van der Waals surface area contributed by atoms with Crippen LogP contribution < -0.4 is 10.6 Å². The molecule has 5 nitrogen and oxygen atoms in total. The Labute approximate surface area is 165 Å². The second-order valence-corrected chi connectivity index (χ2v) is 7.33. The van der Waals surface area contributed by atoms with E-state index in [9.17, 15) is 4.79 Å². The maximum atomic E-state index is 12.5. The van der Waals surface area contributed by atoms with Crippen molar-refractivity contribution in [3.63, 3.8) is 0 Å². The number of hydrogen-bond acceptors (Lipinski definition) is 4. The van der Waals surface area contributed by atoms with Gasteiger partial charge in [-0.15, -0.1) is 0 Å².